The average molecular weight is 332 g/mol. The monoisotopic (exact) mass is 331 g/mol. The Bertz CT molecular complexity index is 362. The van der Waals surface area contributed by atoms with E-state index in [4.69, 9.17) is 10.5 Å². The summed E-state index contributed by atoms with van der Waals surface area (Å²) < 4.78 is 7.11. The molecule has 2 atom stereocenters. The van der Waals surface area contributed by atoms with E-state index in [0.29, 0.717) is 5.92 Å². The Morgan fingerprint density at radius 1 is 1.39 bits per heavy atom. The first-order valence-corrected chi connectivity index (χ1v) is 8.56. The molecule has 0 radical (unpaired) electrons. The fourth-order valence-corrected chi connectivity index (χ4v) is 4.50. The topological polar surface area (TPSA) is 35.2 Å². The van der Waals surface area contributed by atoms with Crippen molar-refractivity contribution in [3.8, 4) is 0 Å². The third-order valence-electron chi connectivity index (χ3n) is 3.83. The maximum Gasteiger partial charge on any atom is 0.0796 e. The molecule has 2 N–H and O–H groups in total. The number of rotatable bonds is 5. The molecule has 0 aliphatic heterocycles. The van der Waals surface area contributed by atoms with Crippen LogP contribution in [0, 0.1) is 5.92 Å². The van der Waals surface area contributed by atoms with Gasteiger partial charge in [-0.25, -0.2) is 0 Å². The predicted octanol–water partition coefficient (Wildman–Crippen LogP) is 4.50. The third-order valence-corrected chi connectivity index (χ3v) is 5.58. The quantitative estimate of drug-likeness (QED) is 0.862. The molecule has 0 saturated heterocycles. The van der Waals surface area contributed by atoms with Gasteiger partial charge < -0.3 is 10.5 Å². The van der Waals surface area contributed by atoms with Crippen molar-refractivity contribution in [1.82, 2.24) is 0 Å². The molecule has 0 bridgehead atoms. The molecule has 1 fully saturated rings. The second-order valence-electron chi connectivity index (χ2n) is 5.02. The standard InChI is InChI=1S/C14H22BrNOS/c1-2-17-14(10-6-4-3-5-7-10)13(16)11-8-18-9-12(11)15/h8-10,13-14H,2-7,16H2,1H3. The van der Waals surface area contributed by atoms with E-state index in [0.717, 1.165) is 11.1 Å². The highest BCUT2D eigenvalue weighted by Crippen LogP contribution is 2.36. The zero-order valence-electron chi connectivity index (χ0n) is 10.9. The van der Waals surface area contributed by atoms with Crippen molar-refractivity contribution in [2.45, 2.75) is 51.2 Å². The Kier molecular flexibility index (Phi) is 5.67. The van der Waals surface area contributed by atoms with E-state index in [1.165, 1.54) is 37.7 Å². The summed E-state index contributed by atoms with van der Waals surface area (Å²) in [5.74, 6) is 0.625. The lowest BCUT2D eigenvalue weighted by Crippen LogP contribution is -2.36. The van der Waals surface area contributed by atoms with Crippen molar-refractivity contribution in [2.75, 3.05) is 6.61 Å². The summed E-state index contributed by atoms with van der Waals surface area (Å²) in [5, 5.41) is 4.24. The fourth-order valence-electron chi connectivity index (χ4n) is 2.89. The van der Waals surface area contributed by atoms with Crippen LogP contribution in [0.1, 0.15) is 50.6 Å². The number of thiophene rings is 1. The van der Waals surface area contributed by atoms with Crippen LogP contribution >= 0.6 is 27.3 Å². The average Bonchev–Trinajstić information content (AvgIpc) is 2.82. The smallest absolute Gasteiger partial charge is 0.0796 e. The van der Waals surface area contributed by atoms with Gasteiger partial charge in [-0.3, -0.25) is 0 Å². The van der Waals surface area contributed by atoms with E-state index < -0.39 is 0 Å². The number of hydrogen-bond acceptors (Lipinski definition) is 3. The number of nitrogens with two attached hydrogens (primary N) is 1. The van der Waals surface area contributed by atoms with E-state index in [2.05, 4.69) is 33.6 Å². The first-order valence-electron chi connectivity index (χ1n) is 6.82. The molecular weight excluding hydrogens is 310 g/mol. The number of ether oxygens (including phenoxy) is 1. The van der Waals surface area contributed by atoms with Crippen LogP contribution in [0.15, 0.2) is 15.2 Å². The lowest BCUT2D eigenvalue weighted by molar-refractivity contribution is -0.00990. The summed E-state index contributed by atoms with van der Waals surface area (Å²) in [6.45, 7) is 2.81. The Morgan fingerprint density at radius 3 is 2.67 bits per heavy atom. The van der Waals surface area contributed by atoms with Crippen molar-refractivity contribution >= 4 is 27.3 Å². The minimum absolute atomic E-state index is 0.00586. The van der Waals surface area contributed by atoms with Crippen molar-refractivity contribution in [3.05, 3.63) is 20.8 Å². The third kappa shape index (κ3) is 3.35. The van der Waals surface area contributed by atoms with Gasteiger partial charge in [-0.1, -0.05) is 19.3 Å². The van der Waals surface area contributed by atoms with Gasteiger partial charge in [0.05, 0.1) is 12.1 Å². The van der Waals surface area contributed by atoms with Gasteiger partial charge in [0.25, 0.3) is 0 Å². The van der Waals surface area contributed by atoms with Crippen LogP contribution < -0.4 is 5.73 Å². The molecule has 0 aromatic carbocycles. The second kappa shape index (κ2) is 7.04. The van der Waals surface area contributed by atoms with Crippen LogP contribution in [0.5, 0.6) is 0 Å². The van der Waals surface area contributed by atoms with Gasteiger partial charge in [0.1, 0.15) is 0 Å². The zero-order valence-corrected chi connectivity index (χ0v) is 13.3. The Hall–Kier alpha value is 0.100. The number of halogens is 1. The summed E-state index contributed by atoms with van der Waals surface area (Å²) in [6.07, 6.45) is 6.71. The summed E-state index contributed by atoms with van der Waals surface area (Å²) in [4.78, 5) is 0. The van der Waals surface area contributed by atoms with Crippen molar-refractivity contribution in [3.63, 3.8) is 0 Å². The minimum Gasteiger partial charge on any atom is -0.376 e. The molecular formula is C14H22BrNOS. The highest BCUT2D eigenvalue weighted by molar-refractivity contribution is 9.10. The van der Waals surface area contributed by atoms with Crippen LogP contribution in [-0.4, -0.2) is 12.7 Å². The van der Waals surface area contributed by atoms with Crippen molar-refractivity contribution in [1.29, 1.82) is 0 Å². The summed E-state index contributed by atoms with van der Waals surface area (Å²) in [5.41, 5.74) is 7.65. The van der Waals surface area contributed by atoms with E-state index in [-0.39, 0.29) is 12.1 Å². The maximum absolute atomic E-state index is 6.45. The van der Waals surface area contributed by atoms with Gasteiger partial charge in [0.2, 0.25) is 0 Å². The van der Waals surface area contributed by atoms with Crippen LogP contribution in [0.3, 0.4) is 0 Å². The van der Waals surface area contributed by atoms with E-state index in [9.17, 15) is 0 Å². The molecule has 2 rings (SSSR count). The Balaban J connectivity index is 2.10. The highest BCUT2D eigenvalue weighted by atomic mass is 79.9. The van der Waals surface area contributed by atoms with Crippen LogP contribution in [0.2, 0.25) is 0 Å². The van der Waals surface area contributed by atoms with Crippen LogP contribution in [0.4, 0.5) is 0 Å². The Labute approximate surface area is 122 Å². The lowest BCUT2D eigenvalue weighted by Gasteiger charge is -2.34. The maximum atomic E-state index is 6.45. The molecule has 1 saturated carbocycles. The van der Waals surface area contributed by atoms with Gasteiger partial charge >= 0.3 is 0 Å². The van der Waals surface area contributed by atoms with Crippen LogP contribution in [0.25, 0.3) is 0 Å². The largest absolute Gasteiger partial charge is 0.376 e. The SMILES string of the molecule is CCOC(C1CCCCC1)C(N)c1cscc1Br. The molecule has 1 heterocycles. The number of hydrogen-bond donors (Lipinski definition) is 1. The lowest BCUT2D eigenvalue weighted by atomic mass is 9.81. The Morgan fingerprint density at radius 2 is 2.11 bits per heavy atom. The minimum atomic E-state index is -0.00586. The van der Waals surface area contributed by atoms with Gasteiger partial charge in [-0.15, -0.1) is 0 Å². The molecule has 1 aliphatic carbocycles. The van der Waals surface area contributed by atoms with E-state index in [1.807, 2.05) is 0 Å². The zero-order chi connectivity index (χ0) is 13.0. The van der Waals surface area contributed by atoms with Crippen molar-refractivity contribution in [2.24, 2.45) is 11.7 Å². The first kappa shape index (κ1) is 14.5. The predicted molar refractivity (Wildman–Crippen MR) is 80.9 cm³/mol. The van der Waals surface area contributed by atoms with Gasteiger partial charge in [0.15, 0.2) is 0 Å². The molecule has 2 nitrogen and oxygen atoms in total. The van der Waals surface area contributed by atoms with Crippen LogP contribution in [-0.2, 0) is 4.74 Å². The van der Waals surface area contributed by atoms with E-state index >= 15 is 0 Å². The molecule has 4 heteroatoms. The molecule has 18 heavy (non-hydrogen) atoms. The molecule has 0 spiro atoms. The van der Waals surface area contributed by atoms with Gasteiger partial charge in [0, 0.05) is 16.5 Å². The molecule has 1 aromatic heterocycles. The molecule has 2 unspecified atom stereocenters. The molecule has 1 aromatic rings. The van der Waals surface area contributed by atoms with Gasteiger partial charge in [-0.05, 0) is 52.6 Å². The molecule has 1 aliphatic rings. The second-order valence-corrected chi connectivity index (χ2v) is 6.62. The summed E-state index contributed by atoms with van der Waals surface area (Å²) in [6, 6.07) is -0.00586. The molecule has 102 valence electrons. The molecule has 0 amide bonds. The van der Waals surface area contributed by atoms with Crippen molar-refractivity contribution < 1.29 is 4.74 Å². The van der Waals surface area contributed by atoms with Gasteiger partial charge in [-0.2, -0.15) is 11.3 Å². The summed E-state index contributed by atoms with van der Waals surface area (Å²) >= 11 is 5.28. The van der Waals surface area contributed by atoms with E-state index in [1.54, 1.807) is 11.3 Å². The normalized spacial score (nSPS) is 20.8. The summed E-state index contributed by atoms with van der Waals surface area (Å²) in [7, 11) is 0. The first-order chi connectivity index (χ1) is 8.74. The fraction of sp³-hybridized carbons (Fsp3) is 0.714. The highest BCUT2D eigenvalue weighted by Gasteiger charge is 2.31.